The monoisotopic (exact) mass is 414 g/mol. The molecule has 0 spiro atoms. The minimum absolute atomic E-state index is 0.424. The average molecular weight is 414 g/mol. The van der Waals surface area contributed by atoms with Gasteiger partial charge in [-0.3, -0.25) is 0 Å². The fourth-order valence-corrected chi connectivity index (χ4v) is 3.56. The summed E-state index contributed by atoms with van der Waals surface area (Å²) in [6.07, 6.45) is 11.0. The number of hydrogen-bond donors (Lipinski definition) is 1. The van der Waals surface area contributed by atoms with Crippen LogP contribution in [0.1, 0.15) is 76.8 Å². The van der Waals surface area contributed by atoms with Crippen molar-refractivity contribution in [2.75, 3.05) is 0 Å². The molecule has 0 bridgehead atoms. The predicted molar refractivity (Wildman–Crippen MR) is 104 cm³/mol. The number of alkyl halides is 1. The van der Waals surface area contributed by atoms with Crippen molar-refractivity contribution in [1.29, 1.82) is 0 Å². The van der Waals surface area contributed by atoms with Gasteiger partial charge in [0, 0.05) is 3.42 Å². The molecule has 0 amide bonds. The van der Waals surface area contributed by atoms with Gasteiger partial charge in [0.1, 0.15) is 5.75 Å². The fourth-order valence-electron chi connectivity index (χ4n) is 2.91. The molecule has 1 fully saturated rings. The van der Waals surface area contributed by atoms with E-state index in [0.29, 0.717) is 14.6 Å². The lowest BCUT2D eigenvalue weighted by Gasteiger charge is -2.22. The lowest BCUT2D eigenvalue weighted by Crippen LogP contribution is -2.09. The Kier molecular flexibility index (Phi) is 6.21. The van der Waals surface area contributed by atoms with Crippen LogP contribution in [0.3, 0.4) is 0 Å². The van der Waals surface area contributed by atoms with Crippen LogP contribution in [0, 0.1) is 5.41 Å². The van der Waals surface area contributed by atoms with E-state index in [1.165, 1.54) is 44.1 Å². The molecule has 0 heterocycles. The van der Waals surface area contributed by atoms with Gasteiger partial charge in [0.2, 0.25) is 0 Å². The molecule has 1 N–H and O–H groups in total. The Morgan fingerprint density at radius 2 is 1.91 bits per heavy atom. The average Bonchev–Trinajstić information content (AvgIpc) is 3.19. The SMILES string of the molecule is CCC(C)(C)CCCc1ccc(CCCC2(I)CC2)cc1O. The maximum atomic E-state index is 10.2. The summed E-state index contributed by atoms with van der Waals surface area (Å²) in [4.78, 5) is 0. The molecule has 2 rings (SSSR count). The molecule has 124 valence electrons. The van der Waals surface area contributed by atoms with Crippen LogP contribution in [0.15, 0.2) is 18.2 Å². The van der Waals surface area contributed by atoms with Gasteiger partial charge < -0.3 is 5.11 Å². The number of aromatic hydroxyl groups is 1. The van der Waals surface area contributed by atoms with Gasteiger partial charge in [-0.05, 0) is 74.0 Å². The molecule has 0 saturated heterocycles. The number of phenolic OH excluding ortho intramolecular Hbond substituents is 1. The molecule has 1 aliphatic rings. The molecule has 0 atom stereocenters. The normalized spacial score (nSPS) is 16.7. The van der Waals surface area contributed by atoms with E-state index in [4.69, 9.17) is 0 Å². The molecule has 22 heavy (non-hydrogen) atoms. The van der Waals surface area contributed by atoms with Gasteiger partial charge in [0.25, 0.3) is 0 Å². The zero-order chi connectivity index (χ0) is 16.2. The maximum absolute atomic E-state index is 10.2. The van der Waals surface area contributed by atoms with Gasteiger partial charge in [-0.15, -0.1) is 0 Å². The highest BCUT2D eigenvalue weighted by molar-refractivity contribution is 14.1. The van der Waals surface area contributed by atoms with E-state index >= 15 is 0 Å². The summed E-state index contributed by atoms with van der Waals surface area (Å²) in [5.74, 6) is 0.502. The standard InChI is InChI=1S/C20H31IO/c1-4-19(2,3)11-6-8-17-10-9-16(15-18(17)22)7-5-12-20(21)13-14-20/h9-10,15,22H,4-8,11-14H2,1-3H3. The summed E-state index contributed by atoms with van der Waals surface area (Å²) in [5, 5.41) is 10.2. The number of phenols is 1. The molecule has 0 aliphatic heterocycles. The molecule has 0 unspecified atom stereocenters. The van der Waals surface area contributed by atoms with Crippen LogP contribution in [-0.2, 0) is 12.8 Å². The number of benzene rings is 1. The lowest BCUT2D eigenvalue weighted by molar-refractivity contribution is 0.312. The predicted octanol–water partition coefficient (Wildman–Crippen LogP) is 6.44. The number of hydrogen-bond acceptors (Lipinski definition) is 1. The van der Waals surface area contributed by atoms with Crippen molar-refractivity contribution in [1.82, 2.24) is 0 Å². The Labute approximate surface area is 150 Å². The minimum Gasteiger partial charge on any atom is -0.508 e. The largest absolute Gasteiger partial charge is 0.508 e. The van der Waals surface area contributed by atoms with E-state index in [-0.39, 0.29) is 0 Å². The van der Waals surface area contributed by atoms with Crippen molar-refractivity contribution in [2.45, 2.75) is 82.0 Å². The summed E-state index contributed by atoms with van der Waals surface area (Å²) in [6, 6.07) is 6.35. The zero-order valence-electron chi connectivity index (χ0n) is 14.4. The van der Waals surface area contributed by atoms with Gasteiger partial charge >= 0.3 is 0 Å². The highest BCUT2D eigenvalue weighted by atomic mass is 127. The topological polar surface area (TPSA) is 20.2 Å². The molecular formula is C20H31IO. The van der Waals surface area contributed by atoms with Crippen molar-refractivity contribution < 1.29 is 5.11 Å². The quantitative estimate of drug-likeness (QED) is 0.364. The van der Waals surface area contributed by atoms with Gasteiger partial charge in [-0.25, -0.2) is 0 Å². The lowest BCUT2D eigenvalue weighted by atomic mass is 9.84. The van der Waals surface area contributed by atoms with Crippen molar-refractivity contribution in [2.24, 2.45) is 5.41 Å². The summed E-state index contributed by atoms with van der Waals surface area (Å²) in [6.45, 7) is 6.92. The maximum Gasteiger partial charge on any atom is 0.119 e. The number of halogens is 1. The second-order valence-corrected chi connectivity index (χ2v) is 10.1. The first-order valence-corrected chi connectivity index (χ1v) is 9.91. The van der Waals surface area contributed by atoms with E-state index < -0.39 is 0 Å². The Bertz CT molecular complexity index is 488. The summed E-state index contributed by atoms with van der Waals surface area (Å²) in [5.41, 5.74) is 2.83. The Morgan fingerprint density at radius 3 is 2.50 bits per heavy atom. The number of aryl methyl sites for hydroxylation is 2. The van der Waals surface area contributed by atoms with E-state index in [0.717, 1.165) is 24.8 Å². The highest BCUT2D eigenvalue weighted by Crippen LogP contribution is 2.48. The van der Waals surface area contributed by atoms with Crippen molar-refractivity contribution in [3.63, 3.8) is 0 Å². The van der Waals surface area contributed by atoms with Crippen LogP contribution >= 0.6 is 22.6 Å². The Balaban J connectivity index is 1.78. The Morgan fingerprint density at radius 1 is 1.18 bits per heavy atom. The number of rotatable bonds is 9. The van der Waals surface area contributed by atoms with Gasteiger partial charge in [-0.2, -0.15) is 0 Å². The van der Waals surface area contributed by atoms with Crippen LogP contribution in [0.4, 0.5) is 0 Å². The summed E-state index contributed by atoms with van der Waals surface area (Å²) >= 11 is 2.62. The van der Waals surface area contributed by atoms with E-state index in [1.807, 2.05) is 6.07 Å². The molecule has 2 heteroatoms. The van der Waals surface area contributed by atoms with Crippen molar-refractivity contribution in [3.8, 4) is 5.75 Å². The first kappa shape index (κ1) is 18.1. The van der Waals surface area contributed by atoms with E-state index in [2.05, 4.69) is 55.5 Å². The molecule has 0 radical (unpaired) electrons. The van der Waals surface area contributed by atoms with Crippen molar-refractivity contribution >= 4 is 22.6 Å². The van der Waals surface area contributed by atoms with Crippen LogP contribution < -0.4 is 0 Å². The smallest absolute Gasteiger partial charge is 0.119 e. The first-order chi connectivity index (χ1) is 10.3. The molecule has 1 saturated carbocycles. The third kappa shape index (κ3) is 5.75. The third-order valence-electron chi connectivity index (χ3n) is 5.29. The zero-order valence-corrected chi connectivity index (χ0v) is 16.6. The molecule has 1 aromatic rings. The summed E-state index contributed by atoms with van der Waals surface area (Å²) < 4.78 is 0.617. The molecule has 1 aliphatic carbocycles. The fraction of sp³-hybridized carbons (Fsp3) is 0.700. The van der Waals surface area contributed by atoms with Crippen LogP contribution in [-0.4, -0.2) is 8.53 Å². The molecular weight excluding hydrogens is 383 g/mol. The summed E-state index contributed by atoms with van der Waals surface area (Å²) in [7, 11) is 0. The highest BCUT2D eigenvalue weighted by Gasteiger charge is 2.38. The molecule has 1 aromatic carbocycles. The second-order valence-electron chi connectivity index (χ2n) is 7.84. The van der Waals surface area contributed by atoms with E-state index in [1.54, 1.807) is 0 Å². The second kappa shape index (κ2) is 7.55. The van der Waals surface area contributed by atoms with Crippen molar-refractivity contribution in [3.05, 3.63) is 29.3 Å². The minimum atomic E-state index is 0.424. The molecule has 1 nitrogen and oxygen atoms in total. The van der Waals surface area contributed by atoms with Gasteiger partial charge in [-0.1, -0.05) is 61.9 Å². The van der Waals surface area contributed by atoms with Crippen LogP contribution in [0.5, 0.6) is 5.75 Å². The molecule has 0 aromatic heterocycles. The first-order valence-electron chi connectivity index (χ1n) is 8.83. The van der Waals surface area contributed by atoms with Crippen LogP contribution in [0.25, 0.3) is 0 Å². The van der Waals surface area contributed by atoms with Crippen LogP contribution in [0.2, 0.25) is 0 Å². The van der Waals surface area contributed by atoms with Gasteiger partial charge in [0.15, 0.2) is 0 Å². The Hall–Kier alpha value is -0.250. The van der Waals surface area contributed by atoms with E-state index in [9.17, 15) is 5.11 Å². The third-order valence-corrected chi connectivity index (χ3v) is 6.91. The van der Waals surface area contributed by atoms with Gasteiger partial charge in [0.05, 0.1) is 0 Å².